The zero-order chi connectivity index (χ0) is 18.9. The summed E-state index contributed by atoms with van der Waals surface area (Å²) in [6.45, 7) is 8.14. The molecule has 1 aliphatic rings. The van der Waals surface area contributed by atoms with Crippen molar-refractivity contribution in [2.45, 2.75) is 56.5 Å². The van der Waals surface area contributed by atoms with Gasteiger partial charge in [0, 0.05) is 13.1 Å². The van der Waals surface area contributed by atoms with Crippen molar-refractivity contribution in [3.8, 4) is 0 Å². The number of likely N-dealkylation sites (tertiary alicyclic amines) is 1. The molecular weight excluding hydrogens is 341 g/mol. The second-order valence-electron chi connectivity index (χ2n) is 7.77. The monoisotopic (exact) mass is 367 g/mol. The Morgan fingerprint density at radius 2 is 1.68 bits per heavy atom. The maximum Gasteiger partial charge on any atom is 0.410 e. The van der Waals surface area contributed by atoms with Gasteiger partial charge in [-0.3, -0.25) is 4.18 Å². The number of ether oxygens (including phenoxy) is 1. The molecule has 2 rings (SSSR count). The maximum atomic E-state index is 12.5. The summed E-state index contributed by atoms with van der Waals surface area (Å²) in [6.07, 6.45) is 0.477. The van der Waals surface area contributed by atoms with Gasteiger partial charge < -0.3 is 9.64 Å². The van der Waals surface area contributed by atoms with Gasteiger partial charge >= 0.3 is 6.09 Å². The first-order valence-corrected chi connectivity index (χ1v) is 9.81. The smallest absolute Gasteiger partial charge is 0.410 e. The minimum Gasteiger partial charge on any atom is -0.444 e. The zero-order valence-electron chi connectivity index (χ0n) is 15.5. The third-order valence-corrected chi connectivity index (χ3v) is 5.56. The highest BCUT2D eigenvalue weighted by atomic mass is 32.2. The van der Waals surface area contributed by atoms with Gasteiger partial charge in [0.25, 0.3) is 10.1 Å². The number of amides is 1. The fraction of sp³-hybridized carbons (Fsp3) is 0.588. The van der Waals surface area contributed by atoms with Crippen LogP contribution >= 0.6 is 0 Å². The molecule has 1 aromatic rings. The van der Waals surface area contributed by atoms with Gasteiger partial charge in [-0.15, -0.1) is 0 Å². The lowest BCUT2D eigenvalue weighted by Crippen LogP contribution is -2.50. The van der Waals surface area contributed by atoms with Gasteiger partial charge in [-0.2, -0.15) is 8.42 Å². The molecule has 0 N–H and O–H groups in total. The number of hydrogen-bond donors (Lipinski definition) is 0. The Morgan fingerprint density at radius 1 is 1.16 bits per heavy atom. The van der Waals surface area contributed by atoms with Crippen molar-refractivity contribution in [1.29, 1.82) is 0 Å². The van der Waals surface area contributed by atoms with Gasteiger partial charge in [0.2, 0.25) is 0 Å². The quantitative estimate of drug-likeness (QED) is 0.604. The Kier molecular flexibility index (Phi) is 5.54. The summed E-state index contributed by atoms with van der Waals surface area (Å²) in [5, 5.41) is 0. The molecule has 1 amide bonds. The summed E-state index contributed by atoms with van der Waals surface area (Å²) < 4.78 is 35.9. The second kappa shape index (κ2) is 7.00. The van der Waals surface area contributed by atoms with Gasteiger partial charge in [-0.25, -0.2) is 4.79 Å². The molecule has 0 bridgehead atoms. The first-order chi connectivity index (χ1) is 11.4. The lowest BCUT2D eigenvalue weighted by atomic mass is 9.74. The van der Waals surface area contributed by atoms with E-state index < -0.39 is 21.2 Å². The molecule has 1 aliphatic heterocycles. The van der Waals surface area contributed by atoms with Gasteiger partial charge in [-0.1, -0.05) is 17.7 Å². The molecule has 8 heteroatoms. The van der Waals surface area contributed by atoms with E-state index in [9.17, 15) is 13.2 Å². The number of carbonyl (C=O) groups excluding carboxylic acids is 1. The van der Waals surface area contributed by atoms with Crippen LogP contribution in [-0.2, 0) is 19.0 Å². The van der Waals surface area contributed by atoms with Crippen LogP contribution in [0, 0.1) is 6.92 Å². The average molecular weight is 367 g/mol. The molecule has 0 aromatic heterocycles. The van der Waals surface area contributed by atoms with Crippen LogP contribution in [-0.4, -0.2) is 51.4 Å². The number of piperidine rings is 1. The highest BCUT2D eigenvalue weighted by molar-refractivity contribution is 7.86. The number of aryl methyl sites for hydroxylation is 1. The summed E-state index contributed by atoms with van der Waals surface area (Å²) in [5.74, 6) is 0. The highest BCUT2D eigenvalue weighted by Crippen LogP contribution is 2.28. The molecule has 0 saturated carbocycles. The molecule has 1 fully saturated rings. The van der Waals surface area contributed by atoms with Crippen molar-refractivity contribution < 1.29 is 22.1 Å². The summed E-state index contributed by atoms with van der Waals surface area (Å²) in [4.78, 5) is 13.8. The van der Waals surface area contributed by atoms with E-state index in [2.05, 4.69) is 0 Å². The van der Waals surface area contributed by atoms with Crippen LogP contribution in [0.25, 0.3) is 0 Å². The summed E-state index contributed by atoms with van der Waals surface area (Å²) in [5.41, 5.74) is -0.401. The maximum absolute atomic E-state index is 12.5. The van der Waals surface area contributed by atoms with E-state index in [1.165, 1.54) is 0 Å². The molecule has 0 radical (unpaired) electrons. The van der Waals surface area contributed by atoms with Gasteiger partial charge in [0.05, 0.1) is 10.4 Å². The van der Waals surface area contributed by atoms with Crippen molar-refractivity contribution in [3.05, 3.63) is 29.8 Å². The Morgan fingerprint density at radius 3 is 2.16 bits per heavy atom. The third-order valence-electron chi connectivity index (χ3n) is 4.09. The van der Waals surface area contributed by atoms with Crippen molar-refractivity contribution in [3.63, 3.8) is 0 Å². The lowest BCUT2D eigenvalue weighted by Gasteiger charge is -2.39. The van der Waals surface area contributed by atoms with Gasteiger partial charge in [0.1, 0.15) is 13.4 Å². The molecule has 0 aliphatic carbocycles. The SMILES string of the molecule is BC1(OS(=O)(=O)c2ccc(C)cc2)CCN(C(=O)OC(C)(C)C)CC1. The summed E-state index contributed by atoms with van der Waals surface area (Å²) in [7, 11) is -2.07. The Bertz CT molecular complexity index is 716. The standard InChI is InChI=1S/C17H26BNO5S/c1-13-5-7-14(8-6-13)25(21,22)24-17(18)9-11-19(12-10-17)15(20)23-16(2,3)4/h5-8H,9-12,18H2,1-4H3. The molecule has 25 heavy (non-hydrogen) atoms. The molecule has 6 nitrogen and oxygen atoms in total. The number of benzene rings is 1. The number of carbonyl (C=O) groups is 1. The van der Waals surface area contributed by atoms with E-state index in [4.69, 9.17) is 8.92 Å². The summed E-state index contributed by atoms with van der Waals surface area (Å²) in [6, 6.07) is 6.57. The molecule has 0 spiro atoms. The normalized spacial score (nSPS) is 18.0. The highest BCUT2D eigenvalue weighted by Gasteiger charge is 2.38. The fourth-order valence-corrected chi connectivity index (χ4v) is 3.85. The van der Waals surface area contributed by atoms with E-state index in [0.717, 1.165) is 5.56 Å². The lowest BCUT2D eigenvalue weighted by molar-refractivity contribution is 0.00793. The Labute approximate surface area is 151 Å². The van der Waals surface area contributed by atoms with Gasteiger partial charge in [0.15, 0.2) is 0 Å². The largest absolute Gasteiger partial charge is 0.444 e. The molecule has 1 aromatic carbocycles. The minimum atomic E-state index is -3.84. The third kappa shape index (κ3) is 5.47. The minimum absolute atomic E-state index is 0.147. The van der Waals surface area contributed by atoms with Crippen molar-refractivity contribution in [1.82, 2.24) is 4.90 Å². The van der Waals surface area contributed by atoms with Gasteiger partial charge in [-0.05, 0) is 52.7 Å². The molecule has 0 atom stereocenters. The van der Waals surface area contributed by atoms with Crippen molar-refractivity contribution in [2.24, 2.45) is 0 Å². The Balaban J connectivity index is 2.00. The van der Waals surface area contributed by atoms with E-state index in [1.807, 2.05) is 27.7 Å². The van der Waals surface area contributed by atoms with E-state index in [-0.39, 0.29) is 11.0 Å². The zero-order valence-corrected chi connectivity index (χ0v) is 16.4. The number of hydrogen-bond acceptors (Lipinski definition) is 5. The molecule has 0 unspecified atom stereocenters. The van der Waals surface area contributed by atoms with Crippen molar-refractivity contribution >= 4 is 24.1 Å². The molecule has 1 heterocycles. The second-order valence-corrected chi connectivity index (χ2v) is 9.31. The van der Waals surface area contributed by atoms with Crippen LogP contribution in [0.4, 0.5) is 4.79 Å². The van der Waals surface area contributed by atoms with Crippen molar-refractivity contribution in [2.75, 3.05) is 13.1 Å². The predicted octanol–water partition coefficient (Wildman–Crippen LogP) is 2.06. The average Bonchev–Trinajstić information content (AvgIpc) is 2.45. The predicted molar refractivity (Wildman–Crippen MR) is 97.8 cm³/mol. The number of rotatable bonds is 3. The van der Waals surface area contributed by atoms with E-state index >= 15 is 0 Å². The molecule has 138 valence electrons. The Hall–Kier alpha value is -1.54. The van der Waals surface area contributed by atoms with Crippen LogP contribution in [0.3, 0.4) is 0 Å². The van der Waals surface area contributed by atoms with Crippen LogP contribution in [0.2, 0.25) is 0 Å². The van der Waals surface area contributed by atoms with Crippen LogP contribution < -0.4 is 0 Å². The van der Waals surface area contributed by atoms with E-state index in [0.29, 0.717) is 25.9 Å². The first-order valence-electron chi connectivity index (χ1n) is 8.41. The van der Waals surface area contributed by atoms with Crippen LogP contribution in [0.15, 0.2) is 29.2 Å². The topological polar surface area (TPSA) is 72.9 Å². The fourth-order valence-electron chi connectivity index (χ4n) is 2.59. The first kappa shape index (κ1) is 19.8. The molecular formula is C17H26BNO5S. The summed E-state index contributed by atoms with van der Waals surface area (Å²) >= 11 is 0. The number of nitrogens with zero attached hydrogens (tertiary/aromatic N) is 1. The van der Waals surface area contributed by atoms with E-state index in [1.54, 1.807) is 37.0 Å². The van der Waals surface area contributed by atoms with Crippen LogP contribution in [0.5, 0.6) is 0 Å². The molecule has 1 saturated heterocycles. The van der Waals surface area contributed by atoms with Crippen LogP contribution in [0.1, 0.15) is 39.2 Å².